The van der Waals surface area contributed by atoms with E-state index in [4.69, 9.17) is 14.2 Å². The van der Waals surface area contributed by atoms with Crippen molar-refractivity contribution in [3.8, 4) is 0 Å². The summed E-state index contributed by atoms with van der Waals surface area (Å²) in [5, 5.41) is -0.206. The van der Waals surface area contributed by atoms with Crippen LogP contribution in [0.3, 0.4) is 0 Å². The molecule has 3 atom stereocenters. The molecule has 1 heterocycles. The van der Waals surface area contributed by atoms with Gasteiger partial charge in [-0.2, -0.15) is 0 Å². The molecule has 1 saturated heterocycles. The maximum absolute atomic E-state index is 11.0. The van der Waals surface area contributed by atoms with Gasteiger partial charge < -0.3 is 14.2 Å². The molecule has 0 bridgehead atoms. The number of esters is 3. The molecule has 0 aromatic carbocycles. The van der Waals surface area contributed by atoms with Crippen LogP contribution in [0, 0.1) is 0 Å². The highest BCUT2D eigenvalue weighted by atomic mass is 32.2. The first-order chi connectivity index (χ1) is 8.38. The zero-order valence-electron chi connectivity index (χ0n) is 10.5. The Kier molecular flexibility index (Phi) is 5.46. The molecular weight excluding hydrogens is 260 g/mol. The monoisotopic (exact) mass is 276 g/mol. The third-order valence-electron chi connectivity index (χ3n) is 2.23. The van der Waals surface area contributed by atoms with Crippen molar-refractivity contribution in [2.75, 3.05) is 6.61 Å². The highest BCUT2D eigenvalue weighted by Gasteiger charge is 2.39. The van der Waals surface area contributed by atoms with Gasteiger partial charge in [0, 0.05) is 27.2 Å². The van der Waals surface area contributed by atoms with Crippen molar-refractivity contribution in [2.24, 2.45) is 0 Å². The maximum Gasteiger partial charge on any atom is 0.303 e. The second-order valence-corrected chi connectivity index (χ2v) is 5.30. The van der Waals surface area contributed by atoms with Crippen LogP contribution in [-0.4, -0.2) is 41.3 Å². The Morgan fingerprint density at radius 3 is 2.17 bits per heavy atom. The van der Waals surface area contributed by atoms with Crippen molar-refractivity contribution in [3.05, 3.63) is 0 Å². The minimum absolute atomic E-state index is 0.135. The summed E-state index contributed by atoms with van der Waals surface area (Å²) in [5.74, 6) is -1.19. The Balaban J connectivity index is 2.56. The van der Waals surface area contributed by atoms with Crippen LogP contribution in [-0.2, 0) is 28.6 Å². The smallest absolute Gasteiger partial charge is 0.303 e. The standard InChI is InChI=1S/C11H16O6S/c1-6(12)15-5-10-9(16-7(2)13)4-11(18-10)17-8(3)14/h9-11H,4-5H2,1-3H3/t9-,10-,11+/m0/s1. The van der Waals surface area contributed by atoms with E-state index < -0.39 is 18.0 Å². The molecule has 0 unspecified atom stereocenters. The summed E-state index contributed by atoms with van der Waals surface area (Å²) < 4.78 is 15.1. The zero-order chi connectivity index (χ0) is 13.7. The first kappa shape index (κ1) is 14.8. The van der Waals surface area contributed by atoms with Gasteiger partial charge in [0.05, 0.1) is 5.25 Å². The number of thioether (sulfide) groups is 1. The third-order valence-corrected chi connectivity index (χ3v) is 3.61. The number of ether oxygens (including phenoxy) is 3. The molecule has 1 rings (SSSR count). The summed E-state index contributed by atoms with van der Waals surface area (Å²) in [6, 6.07) is 0. The van der Waals surface area contributed by atoms with E-state index in [-0.39, 0.29) is 23.3 Å². The van der Waals surface area contributed by atoms with Crippen LogP contribution in [0.25, 0.3) is 0 Å². The Bertz CT molecular complexity index is 342. The van der Waals surface area contributed by atoms with E-state index in [0.29, 0.717) is 6.42 Å². The maximum atomic E-state index is 11.0. The second kappa shape index (κ2) is 6.63. The fourth-order valence-corrected chi connectivity index (χ4v) is 2.99. The molecule has 18 heavy (non-hydrogen) atoms. The van der Waals surface area contributed by atoms with E-state index in [2.05, 4.69) is 0 Å². The topological polar surface area (TPSA) is 78.9 Å². The fourth-order valence-electron chi connectivity index (χ4n) is 1.62. The van der Waals surface area contributed by atoms with Crippen LogP contribution in [0.4, 0.5) is 0 Å². The van der Waals surface area contributed by atoms with Gasteiger partial charge in [-0.1, -0.05) is 0 Å². The highest BCUT2D eigenvalue weighted by molar-refractivity contribution is 8.00. The molecule has 0 radical (unpaired) electrons. The Morgan fingerprint density at radius 1 is 1.06 bits per heavy atom. The summed E-state index contributed by atoms with van der Waals surface area (Å²) >= 11 is 1.33. The molecule has 1 aliphatic rings. The van der Waals surface area contributed by atoms with Crippen molar-refractivity contribution in [3.63, 3.8) is 0 Å². The minimum atomic E-state index is -0.406. The van der Waals surface area contributed by atoms with Gasteiger partial charge in [0.15, 0.2) is 5.44 Å². The van der Waals surface area contributed by atoms with Gasteiger partial charge in [0.25, 0.3) is 0 Å². The van der Waals surface area contributed by atoms with E-state index in [9.17, 15) is 14.4 Å². The normalized spacial score (nSPS) is 26.5. The lowest BCUT2D eigenvalue weighted by Gasteiger charge is -2.17. The summed E-state index contributed by atoms with van der Waals surface area (Å²) in [7, 11) is 0. The SMILES string of the molecule is CC(=O)OC[C@@H]1S[C@@H](OC(C)=O)C[C@@H]1OC(C)=O. The molecule has 0 aliphatic carbocycles. The number of hydrogen-bond donors (Lipinski definition) is 0. The molecule has 7 heteroatoms. The van der Waals surface area contributed by atoms with Crippen LogP contribution in [0.15, 0.2) is 0 Å². The average molecular weight is 276 g/mol. The molecule has 0 aromatic heterocycles. The predicted octanol–water partition coefficient (Wildman–Crippen LogP) is 0.876. The lowest BCUT2D eigenvalue weighted by Crippen LogP contribution is -2.28. The van der Waals surface area contributed by atoms with E-state index in [0.717, 1.165) is 0 Å². The molecule has 1 fully saturated rings. The first-order valence-corrected chi connectivity index (χ1v) is 6.46. The Hall–Kier alpha value is -1.24. The van der Waals surface area contributed by atoms with Gasteiger partial charge in [0.1, 0.15) is 12.7 Å². The largest absolute Gasteiger partial charge is 0.465 e. The molecule has 0 spiro atoms. The molecule has 0 saturated carbocycles. The lowest BCUT2D eigenvalue weighted by molar-refractivity contribution is -0.149. The summed E-state index contributed by atoms with van der Waals surface area (Å²) in [6.07, 6.45) is 0.00616. The highest BCUT2D eigenvalue weighted by Crippen LogP contribution is 2.36. The zero-order valence-corrected chi connectivity index (χ0v) is 11.3. The Labute approximate surface area is 109 Å². The van der Waals surface area contributed by atoms with Crippen molar-refractivity contribution < 1.29 is 28.6 Å². The van der Waals surface area contributed by atoms with Crippen LogP contribution in [0.1, 0.15) is 27.2 Å². The van der Waals surface area contributed by atoms with Crippen molar-refractivity contribution in [1.82, 2.24) is 0 Å². The summed E-state index contributed by atoms with van der Waals surface area (Å²) in [4.78, 5) is 32.6. The van der Waals surface area contributed by atoms with Gasteiger partial charge >= 0.3 is 17.9 Å². The molecule has 6 nitrogen and oxygen atoms in total. The summed E-state index contributed by atoms with van der Waals surface area (Å²) in [6.45, 7) is 4.08. The summed E-state index contributed by atoms with van der Waals surface area (Å²) in [5.41, 5.74) is -0.368. The van der Waals surface area contributed by atoms with Crippen molar-refractivity contribution in [2.45, 2.75) is 44.0 Å². The van der Waals surface area contributed by atoms with E-state index in [1.54, 1.807) is 0 Å². The average Bonchev–Trinajstić information content (AvgIpc) is 2.55. The molecule has 0 aromatic rings. The van der Waals surface area contributed by atoms with E-state index >= 15 is 0 Å². The number of carbonyl (C=O) groups excluding carboxylic acids is 3. The molecule has 1 aliphatic heterocycles. The first-order valence-electron chi connectivity index (χ1n) is 5.51. The quantitative estimate of drug-likeness (QED) is 0.557. The van der Waals surface area contributed by atoms with Gasteiger partial charge in [-0.15, -0.1) is 11.8 Å². The number of rotatable bonds is 4. The van der Waals surface area contributed by atoms with Crippen molar-refractivity contribution in [1.29, 1.82) is 0 Å². The van der Waals surface area contributed by atoms with Crippen molar-refractivity contribution >= 4 is 29.7 Å². The molecule has 0 N–H and O–H groups in total. The predicted molar refractivity (Wildman–Crippen MR) is 63.7 cm³/mol. The minimum Gasteiger partial charge on any atom is -0.465 e. The number of hydrogen-bond acceptors (Lipinski definition) is 7. The third kappa shape index (κ3) is 4.95. The van der Waals surface area contributed by atoms with E-state index in [1.807, 2.05) is 0 Å². The lowest BCUT2D eigenvalue weighted by atomic mass is 10.2. The van der Waals surface area contributed by atoms with Gasteiger partial charge in [-0.25, -0.2) is 0 Å². The van der Waals surface area contributed by atoms with Gasteiger partial charge in [0.2, 0.25) is 0 Å². The van der Waals surface area contributed by atoms with Crippen LogP contribution >= 0.6 is 11.8 Å². The van der Waals surface area contributed by atoms with Gasteiger partial charge in [-0.3, -0.25) is 14.4 Å². The van der Waals surface area contributed by atoms with Gasteiger partial charge in [-0.05, 0) is 0 Å². The second-order valence-electron chi connectivity index (χ2n) is 3.90. The molecular formula is C11H16O6S. The van der Waals surface area contributed by atoms with E-state index in [1.165, 1.54) is 32.5 Å². The fraction of sp³-hybridized carbons (Fsp3) is 0.727. The number of carbonyl (C=O) groups is 3. The van der Waals surface area contributed by atoms with Crippen LogP contribution < -0.4 is 0 Å². The Morgan fingerprint density at radius 2 is 1.67 bits per heavy atom. The molecule has 0 amide bonds. The van der Waals surface area contributed by atoms with Crippen LogP contribution in [0.2, 0.25) is 0 Å². The molecule has 102 valence electrons. The van der Waals surface area contributed by atoms with Crippen LogP contribution in [0.5, 0.6) is 0 Å².